The van der Waals surface area contributed by atoms with E-state index in [4.69, 9.17) is 17.3 Å². The highest BCUT2D eigenvalue weighted by molar-refractivity contribution is 6.30. The van der Waals surface area contributed by atoms with Gasteiger partial charge in [-0.3, -0.25) is 4.79 Å². The Morgan fingerprint density at radius 2 is 1.52 bits per heavy atom. The van der Waals surface area contributed by atoms with E-state index in [-0.39, 0.29) is 16.7 Å². The maximum atomic E-state index is 12.3. The van der Waals surface area contributed by atoms with Gasteiger partial charge in [-0.25, -0.2) is 0 Å². The first-order chi connectivity index (χ1) is 9.54. The number of amides is 1. The number of carbonyl (C=O) groups excluding carboxylic acids is 1. The van der Waals surface area contributed by atoms with Crippen LogP contribution >= 0.6 is 11.6 Å². The maximum absolute atomic E-state index is 12.3. The molecule has 1 aromatic carbocycles. The lowest BCUT2D eigenvalue weighted by molar-refractivity contribution is -0.126. The van der Waals surface area contributed by atoms with E-state index in [9.17, 15) is 4.79 Å². The highest BCUT2D eigenvalue weighted by Gasteiger charge is 2.50. The summed E-state index contributed by atoms with van der Waals surface area (Å²) in [6.45, 7) is 8.81. The predicted octanol–water partition coefficient (Wildman–Crippen LogP) is 4.21. The Balaban J connectivity index is 2.36. The van der Waals surface area contributed by atoms with Crippen LogP contribution in [0.5, 0.6) is 0 Å². The second kappa shape index (κ2) is 5.20. The van der Waals surface area contributed by atoms with Crippen molar-refractivity contribution in [3.8, 4) is 0 Å². The third-order valence-electron chi connectivity index (χ3n) is 4.22. The molecule has 0 aromatic heterocycles. The van der Waals surface area contributed by atoms with Gasteiger partial charge in [0, 0.05) is 10.7 Å². The Bertz CT molecular complexity index is 518. The lowest BCUT2D eigenvalue weighted by atomic mass is 9.58. The van der Waals surface area contributed by atoms with Crippen LogP contribution < -0.4 is 11.1 Å². The van der Waals surface area contributed by atoms with E-state index in [1.807, 2.05) is 24.3 Å². The Morgan fingerprint density at radius 1 is 1.05 bits per heavy atom. The van der Waals surface area contributed by atoms with Crippen LogP contribution in [0, 0.1) is 10.8 Å². The van der Waals surface area contributed by atoms with Gasteiger partial charge in [-0.2, -0.15) is 0 Å². The molecule has 1 saturated carbocycles. The van der Waals surface area contributed by atoms with Gasteiger partial charge in [-0.15, -0.1) is 0 Å². The molecule has 1 aliphatic carbocycles. The van der Waals surface area contributed by atoms with E-state index < -0.39 is 5.54 Å². The van der Waals surface area contributed by atoms with Gasteiger partial charge in [-0.1, -0.05) is 39.3 Å². The molecule has 0 unspecified atom stereocenters. The molecule has 1 amide bonds. The molecule has 3 nitrogen and oxygen atoms in total. The summed E-state index contributed by atoms with van der Waals surface area (Å²) in [5.41, 5.74) is 6.10. The predicted molar refractivity (Wildman–Crippen MR) is 88.4 cm³/mol. The third kappa shape index (κ3) is 3.70. The Morgan fingerprint density at radius 3 is 1.95 bits per heavy atom. The molecular weight excluding hydrogens is 284 g/mol. The van der Waals surface area contributed by atoms with Crippen molar-refractivity contribution < 1.29 is 4.79 Å². The molecule has 116 valence electrons. The standard InChI is InChI=1S/C17H25ClN2O/c1-15(2)9-16(3,4)11-17(10-15,14(19)21)20-13-7-5-12(18)6-8-13/h5-8,20H,9-11H2,1-4H3,(H2,19,21). The number of halogens is 1. The smallest absolute Gasteiger partial charge is 0.243 e. The summed E-state index contributed by atoms with van der Waals surface area (Å²) in [7, 11) is 0. The maximum Gasteiger partial charge on any atom is 0.243 e. The third-order valence-corrected chi connectivity index (χ3v) is 4.47. The molecule has 0 bridgehead atoms. The van der Waals surface area contributed by atoms with Gasteiger partial charge >= 0.3 is 0 Å². The molecule has 3 N–H and O–H groups in total. The number of anilines is 1. The summed E-state index contributed by atoms with van der Waals surface area (Å²) < 4.78 is 0. The number of nitrogens with two attached hydrogens (primary N) is 1. The fourth-order valence-electron chi connectivity index (χ4n) is 4.25. The fourth-order valence-corrected chi connectivity index (χ4v) is 4.38. The molecule has 0 saturated heterocycles. The van der Waals surface area contributed by atoms with Crippen LogP contribution in [0.1, 0.15) is 47.0 Å². The van der Waals surface area contributed by atoms with Crippen LogP contribution in [-0.4, -0.2) is 11.4 Å². The van der Waals surface area contributed by atoms with Gasteiger partial charge < -0.3 is 11.1 Å². The summed E-state index contributed by atoms with van der Waals surface area (Å²) in [6, 6.07) is 7.42. The van der Waals surface area contributed by atoms with Crippen LogP contribution in [0.25, 0.3) is 0 Å². The van der Waals surface area contributed by atoms with Crippen LogP contribution in [0.2, 0.25) is 5.02 Å². The van der Waals surface area contributed by atoms with Crippen molar-refractivity contribution in [2.75, 3.05) is 5.32 Å². The molecular formula is C17H25ClN2O. The summed E-state index contributed by atoms with van der Waals surface area (Å²) in [4.78, 5) is 12.3. The monoisotopic (exact) mass is 308 g/mol. The SMILES string of the molecule is CC1(C)CC(C)(C)CC(Nc2ccc(Cl)cc2)(C(N)=O)C1. The minimum Gasteiger partial charge on any atom is -0.371 e. The van der Waals surface area contributed by atoms with E-state index in [0.717, 1.165) is 24.9 Å². The molecule has 0 aliphatic heterocycles. The van der Waals surface area contributed by atoms with Gasteiger partial charge in [0.25, 0.3) is 0 Å². The molecule has 1 aliphatic rings. The molecule has 0 heterocycles. The average Bonchev–Trinajstić information content (AvgIpc) is 2.28. The summed E-state index contributed by atoms with van der Waals surface area (Å²) in [5.74, 6) is -0.279. The minimum atomic E-state index is -0.709. The molecule has 0 atom stereocenters. The van der Waals surface area contributed by atoms with Crippen LogP contribution in [-0.2, 0) is 4.79 Å². The fraction of sp³-hybridized carbons (Fsp3) is 0.588. The number of primary amides is 1. The Hall–Kier alpha value is -1.22. The van der Waals surface area contributed by atoms with Crippen LogP contribution in [0.15, 0.2) is 24.3 Å². The first kappa shape index (κ1) is 16.2. The first-order valence-corrected chi connectivity index (χ1v) is 7.75. The minimum absolute atomic E-state index is 0.0657. The second-order valence-electron chi connectivity index (χ2n) is 7.94. The summed E-state index contributed by atoms with van der Waals surface area (Å²) in [6.07, 6.45) is 2.56. The number of carbonyl (C=O) groups is 1. The highest BCUT2D eigenvalue weighted by atomic mass is 35.5. The van der Waals surface area contributed by atoms with Crippen molar-refractivity contribution in [2.45, 2.75) is 52.5 Å². The summed E-state index contributed by atoms with van der Waals surface area (Å²) in [5, 5.41) is 4.08. The van der Waals surface area contributed by atoms with Crippen molar-refractivity contribution >= 4 is 23.2 Å². The van der Waals surface area contributed by atoms with Crippen molar-refractivity contribution in [1.82, 2.24) is 0 Å². The van der Waals surface area contributed by atoms with Gasteiger partial charge in [0.2, 0.25) is 5.91 Å². The van der Waals surface area contributed by atoms with Crippen molar-refractivity contribution in [3.05, 3.63) is 29.3 Å². The van der Waals surface area contributed by atoms with Crippen LogP contribution in [0.4, 0.5) is 5.69 Å². The number of rotatable bonds is 3. The van der Waals surface area contributed by atoms with E-state index in [1.165, 1.54) is 0 Å². The Labute approximate surface area is 132 Å². The molecule has 2 rings (SSSR count). The molecule has 21 heavy (non-hydrogen) atoms. The zero-order valence-corrected chi connectivity index (χ0v) is 14.1. The van der Waals surface area contributed by atoms with Crippen molar-refractivity contribution in [3.63, 3.8) is 0 Å². The van der Waals surface area contributed by atoms with Gasteiger partial charge in [0.1, 0.15) is 5.54 Å². The molecule has 1 fully saturated rings. The molecule has 0 spiro atoms. The van der Waals surface area contributed by atoms with Crippen LogP contribution in [0.3, 0.4) is 0 Å². The van der Waals surface area contributed by atoms with Gasteiger partial charge in [0.05, 0.1) is 0 Å². The summed E-state index contributed by atoms with van der Waals surface area (Å²) >= 11 is 5.92. The number of nitrogens with one attached hydrogen (secondary N) is 1. The van der Waals surface area contributed by atoms with Crippen molar-refractivity contribution in [2.24, 2.45) is 16.6 Å². The zero-order valence-electron chi connectivity index (χ0n) is 13.3. The lowest BCUT2D eigenvalue weighted by Crippen LogP contribution is -2.58. The van der Waals surface area contributed by atoms with Crippen molar-refractivity contribution in [1.29, 1.82) is 0 Å². The van der Waals surface area contributed by atoms with Gasteiger partial charge in [-0.05, 0) is 54.4 Å². The zero-order chi connectivity index (χ0) is 15.9. The highest BCUT2D eigenvalue weighted by Crippen LogP contribution is 2.51. The number of hydrogen-bond donors (Lipinski definition) is 2. The lowest BCUT2D eigenvalue weighted by Gasteiger charge is -2.51. The van der Waals surface area contributed by atoms with E-state index in [1.54, 1.807) is 0 Å². The largest absolute Gasteiger partial charge is 0.371 e. The molecule has 1 aromatic rings. The topological polar surface area (TPSA) is 55.1 Å². The van der Waals surface area contributed by atoms with E-state index in [0.29, 0.717) is 5.02 Å². The van der Waals surface area contributed by atoms with E-state index in [2.05, 4.69) is 33.0 Å². The first-order valence-electron chi connectivity index (χ1n) is 7.37. The van der Waals surface area contributed by atoms with Gasteiger partial charge in [0.15, 0.2) is 0 Å². The number of benzene rings is 1. The number of hydrogen-bond acceptors (Lipinski definition) is 2. The normalized spacial score (nSPS) is 22.5. The quantitative estimate of drug-likeness (QED) is 0.878. The second-order valence-corrected chi connectivity index (χ2v) is 8.37. The average molecular weight is 309 g/mol. The molecule has 4 heteroatoms. The Kier molecular flexibility index (Phi) is 4.00. The molecule has 0 radical (unpaired) electrons. The van der Waals surface area contributed by atoms with E-state index >= 15 is 0 Å².